The molecule has 2 aliphatic rings. The minimum atomic E-state index is -0.386. The van der Waals surface area contributed by atoms with Crippen molar-refractivity contribution in [2.45, 2.75) is 46.6 Å². The molecule has 1 N–H and O–H groups in total. The zero-order valence-electron chi connectivity index (χ0n) is 17.9. The van der Waals surface area contributed by atoms with Crippen LogP contribution in [0.1, 0.15) is 44.9 Å². The molecule has 7 nitrogen and oxygen atoms in total. The maximum atomic E-state index is 13.4. The van der Waals surface area contributed by atoms with E-state index >= 15 is 0 Å². The number of carbonyl (C=O) groups excluding carboxylic acids is 2. The number of rotatable bonds is 4. The lowest BCUT2D eigenvalue weighted by Gasteiger charge is -2.33. The molecule has 1 aromatic carbocycles. The van der Waals surface area contributed by atoms with E-state index < -0.39 is 0 Å². The molecule has 4 rings (SSSR count). The fraction of sp³-hybridized carbons (Fsp3) is 0.435. The highest BCUT2D eigenvalue weighted by atomic mass is 16.2. The Bertz CT molecular complexity index is 1070. The van der Waals surface area contributed by atoms with Gasteiger partial charge in [0.25, 0.3) is 17.4 Å². The number of nitrogens with one attached hydrogen (secondary N) is 1. The van der Waals surface area contributed by atoms with Gasteiger partial charge in [-0.25, -0.2) is 4.68 Å². The van der Waals surface area contributed by atoms with Crippen molar-refractivity contribution in [1.82, 2.24) is 19.6 Å². The maximum Gasteiger partial charge on any atom is 0.279 e. The number of carbonyl (C=O) groups is 2. The van der Waals surface area contributed by atoms with Gasteiger partial charge < -0.3 is 4.90 Å². The molecule has 0 unspecified atom stereocenters. The molecule has 1 fully saturated rings. The number of aromatic nitrogens is 2. The summed E-state index contributed by atoms with van der Waals surface area (Å²) in [4.78, 5) is 43.4. The van der Waals surface area contributed by atoms with Gasteiger partial charge in [-0.05, 0) is 51.7 Å². The number of aromatic amines is 1. The molecule has 0 atom stereocenters. The number of likely N-dealkylation sites (tertiary alicyclic amines) is 1. The van der Waals surface area contributed by atoms with Crippen LogP contribution in [0, 0.1) is 12.8 Å². The standard InChI is InChI=1S/C23H28N4O3/c1-14(2)26-21(28)19(20(23(26)30)25-12-10-15(3)11-13-25)18-16(4)24-27(22(18)29)17-8-6-5-7-9-17/h5-9,14-15,24H,10-13H2,1-4H3. The highest BCUT2D eigenvalue weighted by molar-refractivity contribution is 6.35. The van der Waals surface area contributed by atoms with Gasteiger partial charge in [0.1, 0.15) is 5.70 Å². The summed E-state index contributed by atoms with van der Waals surface area (Å²) >= 11 is 0. The summed E-state index contributed by atoms with van der Waals surface area (Å²) in [5, 5.41) is 3.09. The first-order valence-corrected chi connectivity index (χ1v) is 10.6. The quantitative estimate of drug-likeness (QED) is 0.789. The normalized spacial score (nSPS) is 18.3. The van der Waals surface area contributed by atoms with Crippen molar-refractivity contribution in [2.24, 2.45) is 5.92 Å². The number of hydrogen-bond acceptors (Lipinski definition) is 4. The summed E-state index contributed by atoms with van der Waals surface area (Å²) in [6.45, 7) is 9.03. The van der Waals surface area contributed by atoms with Gasteiger partial charge in [0.2, 0.25) is 0 Å². The molecule has 0 spiro atoms. The third-order valence-electron chi connectivity index (χ3n) is 6.04. The Morgan fingerprint density at radius 1 is 1.00 bits per heavy atom. The number of imide groups is 1. The molecule has 0 saturated carbocycles. The van der Waals surface area contributed by atoms with Crippen molar-refractivity contribution in [3.05, 3.63) is 57.6 Å². The van der Waals surface area contributed by atoms with Gasteiger partial charge in [-0.2, -0.15) is 0 Å². The Morgan fingerprint density at radius 2 is 1.63 bits per heavy atom. The zero-order chi connectivity index (χ0) is 21.6. The third kappa shape index (κ3) is 3.18. The van der Waals surface area contributed by atoms with Gasteiger partial charge in [-0.15, -0.1) is 0 Å². The number of hydrogen-bond donors (Lipinski definition) is 1. The first-order chi connectivity index (χ1) is 14.3. The summed E-state index contributed by atoms with van der Waals surface area (Å²) in [7, 11) is 0. The lowest BCUT2D eigenvalue weighted by Crippen LogP contribution is -2.41. The summed E-state index contributed by atoms with van der Waals surface area (Å²) < 4.78 is 1.43. The van der Waals surface area contributed by atoms with Crippen LogP contribution in [-0.4, -0.2) is 50.5 Å². The maximum absolute atomic E-state index is 13.4. The molecular weight excluding hydrogens is 380 g/mol. The molecule has 0 aliphatic carbocycles. The summed E-state index contributed by atoms with van der Waals surface area (Å²) in [6.07, 6.45) is 1.92. The summed E-state index contributed by atoms with van der Waals surface area (Å²) in [5.41, 5.74) is 1.84. The molecule has 1 saturated heterocycles. The SMILES string of the molecule is Cc1[nH]n(-c2ccccc2)c(=O)c1C1=C(N2CCC(C)CC2)C(=O)N(C(C)C)C1=O. The number of piperidine rings is 1. The molecule has 7 heteroatoms. The van der Waals surface area contributed by atoms with Crippen LogP contribution in [-0.2, 0) is 9.59 Å². The second-order valence-corrected chi connectivity index (χ2v) is 8.56. The van der Waals surface area contributed by atoms with Gasteiger partial charge in [-0.3, -0.25) is 24.4 Å². The molecule has 2 aliphatic heterocycles. The fourth-order valence-corrected chi connectivity index (χ4v) is 4.35. The van der Waals surface area contributed by atoms with Crippen LogP contribution in [0.25, 0.3) is 11.3 Å². The Hall–Kier alpha value is -3.09. The Morgan fingerprint density at radius 3 is 2.23 bits per heavy atom. The molecule has 2 aromatic rings. The Balaban J connectivity index is 1.89. The van der Waals surface area contributed by atoms with E-state index in [0.29, 0.717) is 36.1 Å². The van der Waals surface area contributed by atoms with Crippen molar-refractivity contribution in [3.63, 3.8) is 0 Å². The van der Waals surface area contributed by atoms with Gasteiger partial charge in [0, 0.05) is 24.8 Å². The molecule has 30 heavy (non-hydrogen) atoms. The number of nitrogens with zero attached hydrogens (tertiary/aromatic N) is 3. The highest BCUT2D eigenvalue weighted by Crippen LogP contribution is 2.34. The molecule has 2 amide bonds. The number of benzene rings is 1. The van der Waals surface area contributed by atoms with Crippen molar-refractivity contribution in [2.75, 3.05) is 13.1 Å². The van der Waals surface area contributed by atoms with Gasteiger partial charge in [-0.1, -0.05) is 25.1 Å². The van der Waals surface area contributed by atoms with Crippen LogP contribution >= 0.6 is 0 Å². The first kappa shape index (κ1) is 20.2. The van der Waals surface area contributed by atoms with E-state index in [1.54, 1.807) is 6.92 Å². The predicted molar refractivity (Wildman–Crippen MR) is 115 cm³/mol. The molecule has 1 aromatic heterocycles. The Labute approximate surface area is 176 Å². The van der Waals surface area contributed by atoms with Gasteiger partial charge in [0.05, 0.1) is 16.8 Å². The van der Waals surface area contributed by atoms with Crippen LogP contribution in [0.15, 0.2) is 40.8 Å². The predicted octanol–water partition coefficient (Wildman–Crippen LogP) is 2.69. The zero-order valence-corrected chi connectivity index (χ0v) is 17.9. The topological polar surface area (TPSA) is 78.4 Å². The fourth-order valence-electron chi connectivity index (χ4n) is 4.35. The van der Waals surface area contributed by atoms with Crippen molar-refractivity contribution in [1.29, 1.82) is 0 Å². The highest BCUT2D eigenvalue weighted by Gasteiger charge is 2.45. The monoisotopic (exact) mass is 408 g/mol. The molecule has 3 heterocycles. The number of para-hydroxylation sites is 1. The van der Waals surface area contributed by atoms with Crippen LogP contribution in [0.5, 0.6) is 0 Å². The van der Waals surface area contributed by atoms with Crippen molar-refractivity contribution < 1.29 is 9.59 Å². The summed E-state index contributed by atoms with van der Waals surface area (Å²) in [5.74, 6) is -0.100. The van der Waals surface area contributed by atoms with Crippen molar-refractivity contribution >= 4 is 17.4 Å². The number of H-pyrrole nitrogens is 1. The second-order valence-electron chi connectivity index (χ2n) is 8.56. The number of aryl methyl sites for hydroxylation is 1. The lowest BCUT2D eigenvalue weighted by molar-refractivity contribution is -0.139. The summed E-state index contributed by atoms with van der Waals surface area (Å²) in [6, 6.07) is 8.94. The molecule has 0 radical (unpaired) electrons. The average Bonchev–Trinajstić information content (AvgIpc) is 3.15. The minimum absolute atomic E-state index is 0.233. The van der Waals surface area contributed by atoms with Crippen LogP contribution < -0.4 is 5.56 Å². The van der Waals surface area contributed by atoms with Crippen LogP contribution in [0.3, 0.4) is 0 Å². The van der Waals surface area contributed by atoms with E-state index in [2.05, 4.69) is 12.0 Å². The Kier molecular flexibility index (Phi) is 5.13. The first-order valence-electron chi connectivity index (χ1n) is 10.6. The van der Waals surface area contributed by atoms with E-state index in [0.717, 1.165) is 12.8 Å². The van der Waals surface area contributed by atoms with Crippen molar-refractivity contribution in [3.8, 4) is 5.69 Å². The van der Waals surface area contributed by atoms with Crippen LogP contribution in [0.4, 0.5) is 0 Å². The molecule has 158 valence electrons. The van der Waals surface area contributed by atoms with Crippen LogP contribution in [0.2, 0.25) is 0 Å². The van der Waals surface area contributed by atoms with Gasteiger partial charge >= 0.3 is 0 Å². The largest absolute Gasteiger partial charge is 0.366 e. The third-order valence-corrected chi connectivity index (χ3v) is 6.04. The second kappa shape index (κ2) is 7.63. The molecule has 0 bridgehead atoms. The van der Waals surface area contributed by atoms with E-state index in [-0.39, 0.29) is 34.6 Å². The molecular formula is C23H28N4O3. The minimum Gasteiger partial charge on any atom is -0.366 e. The number of amides is 2. The van der Waals surface area contributed by atoms with E-state index in [1.807, 2.05) is 49.1 Å². The van der Waals surface area contributed by atoms with E-state index in [1.165, 1.54) is 9.58 Å². The van der Waals surface area contributed by atoms with E-state index in [4.69, 9.17) is 0 Å². The lowest BCUT2D eigenvalue weighted by atomic mass is 9.97. The smallest absolute Gasteiger partial charge is 0.279 e. The van der Waals surface area contributed by atoms with Gasteiger partial charge in [0.15, 0.2) is 0 Å². The van der Waals surface area contributed by atoms with E-state index in [9.17, 15) is 14.4 Å². The average molecular weight is 409 g/mol.